The molecular formula is C23H15ClN4O4. The van der Waals surface area contributed by atoms with Crippen molar-refractivity contribution in [2.24, 2.45) is 0 Å². The van der Waals surface area contributed by atoms with Gasteiger partial charge < -0.3 is 14.6 Å². The standard InChI is InChI=1S/C23H15ClN4O4/c1-13-21-17(10-19(27-22(21)32-28-13)14-5-3-2-4-6-14)23(30)31-12-20(29)26-16-8-7-15(11-25)18(24)9-16/h2-10H,12H2,1H3,(H,26,29). The van der Waals surface area contributed by atoms with Crippen LogP contribution in [0.15, 0.2) is 59.1 Å². The van der Waals surface area contributed by atoms with E-state index in [1.165, 1.54) is 18.2 Å². The van der Waals surface area contributed by atoms with Crippen molar-refractivity contribution in [2.75, 3.05) is 11.9 Å². The molecule has 0 atom stereocenters. The summed E-state index contributed by atoms with van der Waals surface area (Å²) in [5, 5.41) is 16.0. The molecule has 32 heavy (non-hydrogen) atoms. The van der Waals surface area contributed by atoms with Gasteiger partial charge in [0, 0.05) is 11.3 Å². The molecule has 0 aliphatic carbocycles. The van der Waals surface area contributed by atoms with Crippen molar-refractivity contribution in [1.82, 2.24) is 10.1 Å². The number of nitriles is 1. The first-order valence-electron chi connectivity index (χ1n) is 9.45. The molecule has 4 rings (SSSR count). The van der Waals surface area contributed by atoms with Crippen molar-refractivity contribution in [2.45, 2.75) is 6.92 Å². The van der Waals surface area contributed by atoms with Gasteiger partial charge in [-0.1, -0.05) is 47.1 Å². The smallest absolute Gasteiger partial charge is 0.339 e. The molecule has 0 radical (unpaired) electrons. The molecular weight excluding hydrogens is 432 g/mol. The zero-order chi connectivity index (χ0) is 22.7. The van der Waals surface area contributed by atoms with Gasteiger partial charge in [0.15, 0.2) is 6.61 Å². The fraction of sp³-hybridized carbons (Fsp3) is 0.0870. The number of fused-ring (bicyclic) bond motifs is 1. The van der Waals surface area contributed by atoms with E-state index in [0.717, 1.165) is 5.56 Å². The van der Waals surface area contributed by atoms with Gasteiger partial charge >= 0.3 is 5.97 Å². The fourth-order valence-corrected chi connectivity index (χ4v) is 3.32. The van der Waals surface area contributed by atoms with Crippen LogP contribution in [-0.4, -0.2) is 28.6 Å². The number of anilines is 1. The van der Waals surface area contributed by atoms with Crippen LogP contribution in [0.5, 0.6) is 0 Å². The summed E-state index contributed by atoms with van der Waals surface area (Å²) in [6.07, 6.45) is 0. The van der Waals surface area contributed by atoms with Crippen molar-refractivity contribution in [3.8, 4) is 17.3 Å². The SMILES string of the molecule is Cc1noc2nc(-c3ccccc3)cc(C(=O)OCC(=O)Nc3ccc(C#N)c(Cl)c3)c12. The summed E-state index contributed by atoms with van der Waals surface area (Å²) in [6.45, 7) is 1.17. The van der Waals surface area contributed by atoms with Crippen LogP contribution in [-0.2, 0) is 9.53 Å². The average Bonchev–Trinajstić information content (AvgIpc) is 3.18. The normalized spacial score (nSPS) is 10.5. The molecule has 0 saturated carbocycles. The lowest BCUT2D eigenvalue weighted by atomic mass is 10.1. The summed E-state index contributed by atoms with van der Waals surface area (Å²) < 4.78 is 10.5. The lowest BCUT2D eigenvalue weighted by molar-refractivity contribution is -0.119. The van der Waals surface area contributed by atoms with Crippen LogP contribution < -0.4 is 5.32 Å². The van der Waals surface area contributed by atoms with Gasteiger partial charge in [-0.25, -0.2) is 9.78 Å². The number of nitrogens with zero attached hydrogens (tertiary/aromatic N) is 3. The van der Waals surface area contributed by atoms with E-state index in [0.29, 0.717) is 22.5 Å². The van der Waals surface area contributed by atoms with Gasteiger partial charge in [-0.15, -0.1) is 0 Å². The van der Waals surface area contributed by atoms with Crippen LogP contribution in [0.25, 0.3) is 22.4 Å². The number of aromatic nitrogens is 2. The zero-order valence-corrected chi connectivity index (χ0v) is 17.5. The fourth-order valence-electron chi connectivity index (χ4n) is 3.10. The van der Waals surface area contributed by atoms with Crippen molar-refractivity contribution in [3.63, 3.8) is 0 Å². The molecule has 8 nitrogen and oxygen atoms in total. The summed E-state index contributed by atoms with van der Waals surface area (Å²) in [4.78, 5) is 29.5. The first kappa shape index (κ1) is 21.0. The quantitative estimate of drug-likeness (QED) is 0.447. The van der Waals surface area contributed by atoms with E-state index < -0.39 is 18.5 Å². The maximum absolute atomic E-state index is 12.8. The Labute approximate surface area is 187 Å². The number of pyridine rings is 1. The van der Waals surface area contributed by atoms with Crippen molar-refractivity contribution < 1.29 is 18.8 Å². The highest BCUT2D eigenvalue weighted by Gasteiger charge is 2.21. The largest absolute Gasteiger partial charge is 0.452 e. The number of halogens is 1. The van der Waals surface area contributed by atoms with E-state index in [2.05, 4.69) is 15.5 Å². The maximum Gasteiger partial charge on any atom is 0.339 e. The van der Waals surface area contributed by atoms with E-state index in [9.17, 15) is 9.59 Å². The molecule has 0 aliphatic heterocycles. The number of carbonyl (C=O) groups is 2. The second-order valence-corrected chi connectivity index (χ2v) is 7.21. The van der Waals surface area contributed by atoms with Crippen LogP contribution >= 0.6 is 11.6 Å². The molecule has 0 spiro atoms. The van der Waals surface area contributed by atoms with E-state index in [-0.39, 0.29) is 21.9 Å². The van der Waals surface area contributed by atoms with E-state index in [1.54, 1.807) is 13.0 Å². The van der Waals surface area contributed by atoms with E-state index in [4.69, 9.17) is 26.1 Å². The molecule has 2 aromatic heterocycles. The third-order valence-corrected chi connectivity index (χ3v) is 4.93. The highest BCUT2D eigenvalue weighted by atomic mass is 35.5. The molecule has 1 N–H and O–H groups in total. The molecule has 158 valence electrons. The Morgan fingerprint density at radius 1 is 1.19 bits per heavy atom. The minimum absolute atomic E-state index is 0.196. The first-order valence-corrected chi connectivity index (χ1v) is 9.83. The Morgan fingerprint density at radius 2 is 1.97 bits per heavy atom. The van der Waals surface area contributed by atoms with Crippen LogP contribution in [0.1, 0.15) is 21.6 Å². The minimum Gasteiger partial charge on any atom is -0.452 e. The number of carbonyl (C=O) groups excluding carboxylic acids is 2. The van der Waals surface area contributed by atoms with Gasteiger partial charge in [-0.2, -0.15) is 5.26 Å². The topological polar surface area (TPSA) is 118 Å². The molecule has 0 saturated heterocycles. The number of aryl methyl sites for hydroxylation is 1. The van der Waals surface area contributed by atoms with Gasteiger partial charge in [0.1, 0.15) is 6.07 Å². The highest BCUT2D eigenvalue weighted by Crippen LogP contribution is 2.27. The van der Waals surface area contributed by atoms with Gasteiger partial charge in [0.25, 0.3) is 11.6 Å². The Bertz CT molecular complexity index is 1380. The predicted octanol–water partition coefficient (Wildman–Crippen LogP) is 4.52. The van der Waals surface area contributed by atoms with Crippen molar-refractivity contribution in [3.05, 3.63) is 76.4 Å². The molecule has 2 heterocycles. The number of rotatable bonds is 5. The maximum atomic E-state index is 12.8. The number of benzene rings is 2. The summed E-state index contributed by atoms with van der Waals surface area (Å²) in [5.41, 5.74) is 2.84. The molecule has 0 fully saturated rings. The lowest BCUT2D eigenvalue weighted by Gasteiger charge is -2.09. The lowest BCUT2D eigenvalue weighted by Crippen LogP contribution is -2.21. The number of nitrogens with one attached hydrogen (secondary N) is 1. The molecule has 0 aliphatic rings. The van der Waals surface area contributed by atoms with Crippen LogP contribution in [0.3, 0.4) is 0 Å². The van der Waals surface area contributed by atoms with Gasteiger partial charge in [0.05, 0.1) is 32.9 Å². The monoisotopic (exact) mass is 446 g/mol. The number of esters is 1. The van der Waals surface area contributed by atoms with Gasteiger partial charge in [-0.05, 0) is 31.2 Å². The summed E-state index contributed by atoms with van der Waals surface area (Å²) >= 11 is 5.97. The average molecular weight is 447 g/mol. The predicted molar refractivity (Wildman–Crippen MR) is 117 cm³/mol. The Hall–Kier alpha value is -4.22. The van der Waals surface area contributed by atoms with Crippen molar-refractivity contribution >= 4 is 40.3 Å². The van der Waals surface area contributed by atoms with Crippen molar-refractivity contribution in [1.29, 1.82) is 5.26 Å². The van der Waals surface area contributed by atoms with E-state index >= 15 is 0 Å². The number of hydrogen-bond donors (Lipinski definition) is 1. The molecule has 0 bridgehead atoms. The summed E-state index contributed by atoms with van der Waals surface area (Å²) in [6, 6.07) is 17.3. The van der Waals surface area contributed by atoms with E-state index in [1.807, 2.05) is 36.4 Å². The van der Waals surface area contributed by atoms with Crippen LogP contribution in [0, 0.1) is 18.3 Å². The number of hydrogen-bond acceptors (Lipinski definition) is 7. The summed E-state index contributed by atoms with van der Waals surface area (Å²) in [7, 11) is 0. The number of ether oxygens (including phenoxy) is 1. The Morgan fingerprint density at radius 3 is 2.69 bits per heavy atom. The Kier molecular flexibility index (Phi) is 5.83. The van der Waals surface area contributed by atoms with Crippen LogP contribution in [0.4, 0.5) is 5.69 Å². The third-order valence-electron chi connectivity index (χ3n) is 4.61. The summed E-state index contributed by atoms with van der Waals surface area (Å²) in [5.74, 6) is -1.27. The second-order valence-electron chi connectivity index (χ2n) is 6.80. The molecule has 4 aromatic rings. The molecule has 2 aromatic carbocycles. The second kappa shape index (κ2) is 8.88. The van der Waals surface area contributed by atoms with Crippen LogP contribution in [0.2, 0.25) is 5.02 Å². The number of amides is 1. The molecule has 0 unspecified atom stereocenters. The van der Waals surface area contributed by atoms with Gasteiger partial charge in [-0.3, -0.25) is 4.79 Å². The minimum atomic E-state index is -0.714. The highest BCUT2D eigenvalue weighted by molar-refractivity contribution is 6.32. The molecule has 1 amide bonds. The third kappa shape index (κ3) is 4.29. The first-order chi connectivity index (χ1) is 15.5. The Balaban J connectivity index is 1.53. The molecule has 9 heteroatoms. The van der Waals surface area contributed by atoms with Gasteiger partial charge in [0.2, 0.25) is 0 Å². The zero-order valence-electron chi connectivity index (χ0n) is 16.8.